The third kappa shape index (κ3) is 2.48. The van der Waals surface area contributed by atoms with Crippen LogP contribution in [0.4, 0.5) is 4.39 Å². The molecule has 1 aliphatic heterocycles. The van der Waals surface area contributed by atoms with E-state index in [1.807, 2.05) is 12.3 Å². The van der Waals surface area contributed by atoms with E-state index < -0.39 is 0 Å². The number of aromatic amines is 1. The highest BCUT2D eigenvalue weighted by atomic mass is 32.2. The van der Waals surface area contributed by atoms with Crippen molar-refractivity contribution < 1.29 is 9.50 Å². The molecule has 0 atom stereocenters. The maximum Gasteiger partial charge on any atom is 0.166 e. The summed E-state index contributed by atoms with van der Waals surface area (Å²) in [6, 6.07) is 4.86. The molecule has 3 aromatic rings. The zero-order chi connectivity index (χ0) is 15.8. The van der Waals surface area contributed by atoms with Crippen molar-refractivity contribution in [2.45, 2.75) is 18.1 Å². The van der Waals surface area contributed by atoms with Crippen LogP contribution in [-0.2, 0) is 6.54 Å². The molecule has 0 radical (unpaired) electrons. The number of thioether (sulfide) groups is 1. The Balaban J connectivity index is 1.95. The van der Waals surface area contributed by atoms with Crippen LogP contribution in [0.3, 0.4) is 0 Å². The molecular weight excluding hydrogens is 313 g/mol. The van der Waals surface area contributed by atoms with Gasteiger partial charge < -0.3 is 15.4 Å². The molecule has 0 saturated carbocycles. The van der Waals surface area contributed by atoms with Crippen LogP contribution in [0.5, 0.6) is 0 Å². The highest BCUT2D eigenvalue weighted by molar-refractivity contribution is 7.99. The minimum Gasteiger partial charge on any atom is -0.396 e. The number of rotatable bonds is 4. The van der Waals surface area contributed by atoms with Crippen molar-refractivity contribution in [3.8, 4) is 0 Å². The lowest BCUT2D eigenvalue weighted by Gasteiger charge is -2.16. The van der Waals surface area contributed by atoms with Crippen molar-refractivity contribution in [1.29, 1.82) is 0 Å². The van der Waals surface area contributed by atoms with Crippen molar-refractivity contribution >= 4 is 39.6 Å². The molecular formula is C17H16FN3OS. The SMILES string of the molecule is OCCCSc1nc2c([nH]1)c1c(c3cc(F)ccc32)CNC=C1. The molecule has 118 valence electrons. The lowest BCUT2D eigenvalue weighted by atomic mass is 9.95. The number of H-pyrrole nitrogens is 1. The van der Waals surface area contributed by atoms with Gasteiger partial charge in [0.2, 0.25) is 0 Å². The Bertz CT molecular complexity index is 919. The van der Waals surface area contributed by atoms with Crippen molar-refractivity contribution in [2.24, 2.45) is 0 Å². The van der Waals surface area contributed by atoms with Crippen LogP contribution in [-0.4, -0.2) is 27.4 Å². The van der Waals surface area contributed by atoms with Gasteiger partial charge in [-0.05, 0) is 47.8 Å². The molecule has 0 amide bonds. The molecule has 1 aromatic heterocycles. The molecule has 3 N–H and O–H groups in total. The highest BCUT2D eigenvalue weighted by Crippen LogP contribution is 2.35. The standard InChI is InChI=1S/C17H16FN3OS/c18-10-2-3-11-13(8-10)14-9-19-5-4-12(14)16-15(11)20-17(21-16)23-7-1-6-22/h2-5,8,19,22H,1,6-7,9H2,(H,20,21). The Kier molecular flexibility index (Phi) is 3.71. The molecule has 0 unspecified atom stereocenters. The molecule has 4 nitrogen and oxygen atoms in total. The van der Waals surface area contributed by atoms with Gasteiger partial charge in [-0.2, -0.15) is 0 Å². The minimum atomic E-state index is -0.235. The van der Waals surface area contributed by atoms with Gasteiger partial charge in [0.1, 0.15) is 5.82 Å². The van der Waals surface area contributed by atoms with E-state index >= 15 is 0 Å². The van der Waals surface area contributed by atoms with Crippen LogP contribution in [0.25, 0.3) is 27.9 Å². The Labute approximate surface area is 136 Å². The second-order valence-corrected chi connectivity index (χ2v) is 6.57. The first-order valence-corrected chi connectivity index (χ1v) is 8.54. The first-order valence-electron chi connectivity index (χ1n) is 7.55. The van der Waals surface area contributed by atoms with E-state index in [0.717, 1.165) is 50.3 Å². The zero-order valence-corrected chi connectivity index (χ0v) is 13.2. The maximum atomic E-state index is 13.7. The third-order valence-corrected chi connectivity index (χ3v) is 4.99. The number of aliphatic hydroxyl groups excluding tert-OH is 1. The summed E-state index contributed by atoms with van der Waals surface area (Å²) in [5, 5.41) is 14.8. The summed E-state index contributed by atoms with van der Waals surface area (Å²) in [5.74, 6) is 0.573. The molecule has 4 rings (SSSR count). The predicted molar refractivity (Wildman–Crippen MR) is 91.9 cm³/mol. The van der Waals surface area contributed by atoms with Crippen LogP contribution in [0.1, 0.15) is 17.5 Å². The van der Waals surface area contributed by atoms with Gasteiger partial charge in [-0.3, -0.25) is 0 Å². The van der Waals surface area contributed by atoms with Crippen LogP contribution in [0.15, 0.2) is 29.6 Å². The van der Waals surface area contributed by atoms with E-state index in [-0.39, 0.29) is 12.4 Å². The summed E-state index contributed by atoms with van der Waals surface area (Å²) in [5.41, 5.74) is 4.02. The molecule has 0 saturated heterocycles. The number of fused-ring (bicyclic) bond motifs is 6. The van der Waals surface area contributed by atoms with Gasteiger partial charge in [0.25, 0.3) is 0 Å². The zero-order valence-electron chi connectivity index (χ0n) is 12.4. The average Bonchev–Trinajstić information content (AvgIpc) is 2.99. The van der Waals surface area contributed by atoms with Gasteiger partial charge in [0.15, 0.2) is 5.16 Å². The number of nitrogens with one attached hydrogen (secondary N) is 2. The fourth-order valence-corrected chi connectivity index (χ4v) is 3.79. The summed E-state index contributed by atoms with van der Waals surface area (Å²) >= 11 is 1.59. The van der Waals surface area contributed by atoms with Crippen molar-refractivity contribution in [3.05, 3.63) is 41.3 Å². The van der Waals surface area contributed by atoms with Gasteiger partial charge in [0.05, 0.1) is 11.0 Å². The molecule has 0 aliphatic carbocycles. The van der Waals surface area contributed by atoms with Crippen LogP contribution in [0.2, 0.25) is 0 Å². The smallest absolute Gasteiger partial charge is 0.166 e. The molecule has 0 spiro atoms. The quantitative estimate of drug-likeness (QED) is 0.507. The maximum absolute atomic E-state index is 13.7. The largest absolute Gasteiger partial charge is 0.396 e. The summed E-state index contributed by atoms with van der Waals surface area (Å²) in [6.45, 7) is 0.854. The number of hydrogen-bond donors (Lipinski definition) is 3. The number of benzene rings is 2. The first kappa shape index (κ1) is 14.5. The van der Waals surface area contributed by atoms with E-state index in [9.17, 15) is 4.39 Å². The highest BCUT2D eigenvalue weighted by Gasteiger charge is 2.18. The number of aliphatic hydroxyl groups is 1. The molecule has 0 bridgehead atoms. The van der Waals surface area contributed by atoms with Crippen LogP contribution < -0.4 is 5.32 Å². The summed E-state index contributed by atoms with van der Waals surface area (Å²) in [4.78, 5) is 8.09. The molecule has 0 fully saturated rings. The van der Waals surface area contributed by atoms with Crippen molar-refractivity contribution in [2.75, 3.05) is 12.4 Å². The van der Waals surface area contributed by atoms with E-state index in [1.165, 1.54) is 6.07 Å². The van der Waals surface area contributed by atoms with E-state index in [4.69, 9.17) is 10.1 Å². The van der Waals surface area contributed by atoms with Crippen LogP contribution in [0, 0.1) is 5.82 Å². The van der Waals surface area contributed by atoms with E-state index in [0.29, 0.717) is 6.54 Å². The van der Waals surface area contributed by atoms with E-state index in [1.54, 1.807) is 23.9 Å². The lowest BCUT2D eigenvalue weighted by molar-refractivity contribution is 0.296. The Morgan fingerprint density at radius 2 is 2.22 bits per heavy atom. The van der Waals surface area contributed by atoms with Crippen LogP contribution >= 0.6 is 11.8 Å². The summed E-state index contributed by atoms with van der Waals surface area (Å²) in [6.07, 6.45) is 4.65. The van der Waals surface area contributed by atoms with Gasteiger partial charge >= 0.3 is 0 Å². The van der Waals surface area contributed by atoms with E-state index in [2.05, 4.69) is 10.3 Å². The second-order valence-electron chi connectivity index (χ2n) is 5.49. The van der Waals surface area contributed by atoms with Crippen molar-refractivity contribution in [3.63, 3.8) is 0 Å². The first-order chi connectivity index (χ1) is 11.3. The third-order valence-electron chi connectivity index (χ3n) is 4.03. The monoisotopic (exact) mass is 329 g/mol. The molecule has 6 heteroatoms. The predicted octanol–water partition coefficient (Wildman–Crippen LogP) is 3.40. The number of halogens is 1. The number of nitrogens with zero attached hydrogens (tertiary/aromatic N) is 1. The van der Waals surface area contributed by atoms with Gasteiger partial charge in [-0.25, -0.2) is 9.37 Å². The average molecular weight is 329 g/mol. The Hall–Kier alpha value is -2.05. The molecule has 23 heavy (non-hydrogen) atoms. The van der Waals surface area contributed by atoms with Crippen molar-refractivity contribution in [1.82, 2.24) is 15.3 Å². The molecule has 1 aliphatic rings. The Morgan fingerprint density at radius 3 is 3.09 bits per heavy atom. The Morgan fingerprint density at radius 1 is 1.30 bits per heavy atom. The molecule has 2 heterocycles. The van der Waals surface area contributed by atoms with Gasteiger partial charge in [-0.1, -0.05) is 11.8 Å². The van der Waals surface area contributed by atoms with Gasteiger partial charge in [-0.15, -0.1) is 0 Å². The number of imidazole rings is 1. The number of aromatic nitrogens is 2. The topological polar surface area (TPSA) is 60.9 Å². The summed E-state index contributed by atoms with van der Waals surface area (Å²) < 4.78 is 13.7. The number of hydrogen-bond acceptors (Lipinski definition) is 4. The normalized spacial score (nSPS) is 13.5. The fraction of sp³-hybridized carbons (Fsp3) is 0.235. The second kappa shape index (κ2) is 5.86. The summed E-state index contributed by atoms with van der Waals surface area (Å²) in [7, 11) is 0. The minimum absolute atomic E-state index is 0.180. The van der Waals surface area contributed by atoms with Gasteiger partial charge in [0, 0.05) is 29.9 Å². The molecule has 2 aromatic carbocycles. The fourth-order valence-electron chi connectivity index (χ4n) is 2.99. The lowest BCUT2D eigenvalue weighted by Crippen LogP contribution is -2.11.